The van der Waals surface area contributed by atoms with Crippen molar-refractivity contribution < 1.29 is 27.5 Å². The SMILES string of the molecule is CCS(=O)(=O)N1CCC(NC(=O)c2ccc(-c3ccc(-c4cnc([C@@H]5C[Si](C)(C)CN5C(=O)[C@@H](NC(=O)OC)C(C)C)[nH]4)cc3)cc2)CC1. The maximum Gasteiger partial charge on any atom is 0.407 e. The molecule has 2 aliphatic heterocycles. The van der Waals surface area contributed by atoms with E-state index in [0.29, 0.717) is 37.7 Å². The van der Waals surface area contributed by atoms with Crippen LogP contribution in [0.4, 0.5) is 4.79 Å². The van der Waals surface area contributed by atoms with E-state index in [1.165, 1.54) is 11.4 Å². The first-order chi connectivity index (χ1) is 23.2. The van der Waals surface area contributed by atoms with Gasteiger partial charge in [-0.15, -0.1) is 0 Å². The second kappa shape index (κ2) is 14.8. The molecule has 0 aliphatic carbocycles. The first-order valence-corrected chi connectivity index (χ1v) is 21.9. The first kappa shape index (κ1) is 36.3. The van der Waals surface area contributed by atoms with Gasteiger partial charge in [0.25, 0.3) is 5.91 Å². The third-order valence-corrected chi connectivity index (χ3v) is 14.1. The summed E-state index contributed by atoms with van der Waals surface area (Å²) in [6.07, 6.45) is 3.04. The normalized spacial score (nSPS) is 19.1. The highest BCUT2D eigenvalue weighted by atomic mass is 32.2. The number of aromatic amines is 1. The van der Waals surface area contributed by atoms with Crippen LogP contribution in [0.25, 0.3) is 22.4 Å². The van der Waals surface area contributed by atoms with Gasteiger partial charge in [0.1, 0.15) is 11.9 Å². The molecule has 0 bridgehead atoms. The molecular weight excluding hydrogens is 661 g/mol. The van der Waals surface area contributed by atoms with Crippen LogP contribution in [0.5, 0.6) is 0 Å². The summed E-state index contributed by atoms with van der Waals surface area (Å²) < 4.78 is 30.5. The lowest BCUT2D eigenvalue weighted by Crippen LogP contribution is -2.52. The minimum Gasteiger partial charge on any atom is -0.453 e. The Kier molecular flexibility index (Phi) is 11.0. The van der Waals surface area contributed by atoms with Gasteiger partial charge in [-0.2, -0.15) is 0 Å². The van der Waals surface area contributed by atoms with E-state index in [-0.39, 0.29) is 35.6 Å². The lowest BCUT2D eigenvalue weighted by molar-refractivity contribution is -0.135. The number of alkyl carbamates (subject to hydrolysis) is 1. The van der Waals surface area contributed by atoms with Gasteiger partial charge in [0, 0.05) is 30.9 Å². The molecule has 12 nitrogen and oxygen atoms in total. The number of nitrogens with zero attached hydrogens (tertiary/aromatic N) is 3. The average molecular weight is 709 g/mol. The van der Waals surface area contributed by atoms with Gasteiger partial charge in [-0.05, 0) is 60.6 Å². The van der Waals surface area contributed by atoms with Gasteiger partial charge in [0.2, 0.25) is 15.9 Å². The number of benzene rings is 2. The molecule has 3 aromatic rings. The molecule has 0 radical (unpaired) electrons. The van der Waals surface area contributed by atoms with Crippen molar-refractivity contribution >= 4 is 36.0 Å². The van der Waals surface area contributed by atoms with Crippen LogP contribution in [0.1, 0.15) is 55.8 Å². The zero-order chi connectivity index (χ0) is 35.5. The van der Waals surface area contributed by atoms with Crippen molar-refractivity contribution in [3.8, 4) is 22.4 Å². The minimum absolute atomic E-state index is 0.0580. The highest BCUT2D eigenvalue weighted by Gasteiger charge is 2.45. The molecule has 0 unspecified atom stereocenters. The highest BCUT2D eigenvalue weighted by Crippen LogP contribution is 2.38. The molecule has 264 valence electrons. The van der Waals surface area contributed by atoms with Crippen LogP contribution in [-0.4, -0.2) is 97.8 Å². The summed E-state index contributed by atoms with van der Waals surface area (Å²) in [6, 6.07) is 15.4. The van der Waals surface area contributed by atoms with Crippen LogP contribution < -0.4 is 10.6 Å². The third kappa shape index (κ3) is 8.42. The van der Waals surface area contributed by atoms with E-state index in [1.54, 1.807) is 25.3 Å². The van der Waals surface area contributed by atoms with Gasteiger partial charge in [-0.1, -0.05) is 63.3 Å². The van der Waals surface area contributed by atoms with Gasteiger partial charge in [0.15, 0.2) is 0 Å². The van der Waals surface area contributed by atoms with E-state index in [0.717, 1.165) is 34.3 Å². The molecule has 3 amide bonds. The maximum absolute atomic E-state index is 13.8. The van der Waals surface area contributed by atoms with Crippen molar-refractivity contribution in [1.82, 2.24) is 29.8 Å². The summed E-state index contributed by atoms with van der Waals surface area (Å²) in [4.78, 5) is 48.7. The summed E-state index contributed by atoms with van der Waals surface area (Å²) >= 11 is 0. The standard InChI is InChI=1S/C35H48N6O6SSi/c1-7-48(45,46)40-18-16-28(17-19-40)37-33(42)27-14-10-25(11-15-27)24-8-12-26(13-9-24)29-20-36-32(38-29)30-21-49(5,6)22-41(30)34(43)31(23(2)3)39-35(44)47-4/h8-15,20,23,28,30-31H,7,16-19,21-22H2,1-6H3,(H,36,38)(H,37,42)(H,39,44)/t30-,31-/m0/s1. The number of carbonyl (C=O) groups excluding carboxylic acids is 3. The van der Waals surface area contributed by atoms with Crippen LogP contribution in [0, 0.1) is 5.92 Å². The summed E-state index contributed by atoms with van der Waals surface area (Å²) in [6.45, 7) is 10.8. The number of piperidine rings is 1. The molecule has 2 fully saturated rings. The topological polar surface area (TPSA) is 154 Å². The van der Waals surface area contributed by atoms with Crippen molar-refractivity contribution in [1.29, 1.82) is 0 Å². The van der Waals surface area contributed by atoms with E-state index in [9.17, 15) is 22.8 Å². The number of hydrogen-bond acceptors (Lipinski definition) is 7. The number of imidazole rings is 1. The van der Waals surface area contributed by atoms with Crippen molar-refractivity contribution in [3.63, 3.8) is 0 Å². The largest absolute Gasteiger partial charge is 0.453 e. The Morgan fingerprint density at radius 3 is 2.16 bits per heavy atom. The van der Waals surface area contributed by atoms with E-state index in [4.69, 9.17) is 9.72 Å². The Morgan fingerprint density at radius 2 is 1.59 bits per heavy atom. The quantitative estimate of drug-likeness (QED) is 0.256. The number of aromatic nitrogens is 2. The zero-order valence-electron chi connectivity index (χ0n) is 29.2. The second-order valence-electron chi connectivity index (χ2n) is 14.1. The molecule has 2 aliphatic rings. The summed E-state index contributed by atoms with van der Waals surface area (Å²) in [5.74, 6) is 0.419. The Hall–Kier alpha value is -4.01. The molecule has 0 saturated carbocycles. The fourth-order valence-electron chi connectivity index (χ4n) is 6.66. The smallest absolute Gasteiger partial charge is 0.407 e. The van der Waals surface area contributed by atoms with Crippen molar-refractivity contribution in [3.05, 3.63) is 66.1 Å². The van der Waals surface area contributed by atoms with Gasteiger partial charge in [-0.25, -0.2) is 22.5 Å². The van der Waals surface area contributed by atoms with Gasteiger partial charge in [-0.3, -0.25) is 9.59 Å². The molecule has 49 heavy (non-hydrogen) atoms. The van der Waals surface area contributed by atoms with Gasteiger partial charge >= 0.3 is 6.09 Å². The lowest BCUT2D eigenvalue weighted by atomic mass is 10.0. The van der Waals surface area contributed by atoms with Gasteiger partial charge in [0.05, 0.1) is 38.9 Å². The predicted octanol–water partition coefficient (Wildman–Crippen LogP) is 4.80. The number of methoxy groups -OCH3 is 1. The lowest BCUT2D eigenvalue weighted by Gasteiger charge is -2.31. The van der Waals surface area contributed by atoms with Crippen LogP contribution in [0.15, 0.2) is 54.7 Å². The predicted molar refractivity (Wildman–Crippen MR) is 192 cm³/mol. The Labute approximate surface area is 290 Å². The molecule has 3 N–H and O–H groups in total. The molecule has 2 saturated heterocycles. The Bertz CT molecular complexity index is 1750. The first-order valence-electron chi connectivity index (χ1n) is 16.9. The van der Waals surface area contributed by atoms with E-state index in [1.807, 2.05) is 55.1 Å². The van der Waals surface area contributed by atoms with E-state index < -0.39 is 30.2 Å². The second-order valence-corrected chi connectivity index (χ2v) is 21.4. The minimum atomic E-state index is -3.21. The third-order valence-electron chi connectivity index (χ3n) is 9.53. The van der Waals surface area contributed by atoms with Gasteiger partial charge < -0.3 is 25.3 Å². The fraction of sp³-hybridized carbons (Fsp3) is 0.486. The van der Waals surface area contributed by atoms with Crippen LogP contribution in [-0.2, 0) is 19.6 Å². The number of sulfonamides is 1. The van der Waals surface area contributed by atoms with Crippen molar-refractivity contribution in [2.75, 3.05) is 32.1 Å². The Balaban J connectivity index is 1.23. The van der Waals surface area contributed by atoms with Crippen LogP contribution in [0.3, 0.4) is 0 Å². The summed E-state index contributed by atoms with van der Waals surface area (Å²) in [7, 11) is -3.65. The molecule has 14 heteroatoms. The maximum atomic E-state index is 13.8. The fourth-order valence-corrected chi connectivity index (χ4v) is 10.7. The zero-order valence-corrected chi connectivity index (χ0v) is 31.0. The molecule has 1 aromatic heterocycles. The number of hydrogen-bond donors (Lipinski definition) is 3. The van der Waals surface area contributed by atoms with Crippen molar-refractivity contribution in [2.45, 2.75) is 70.9 Å². The molecule has 0 spiro atoms. The Morgan fingerprint density at radius 1 is 1.00 bits per heavy atom. The molecule has 2 atom stereocenters. The molecule has 3 heterocycles. The molecular formula is C35H48N6O6SSi. The monoisotopic (exact) mass is 708 g/mol. The summed E-state index contributed by atoms with van der Waals surface area (Å²) in [5.41, 5.74) is 4.33. The average Bonchev–Trinajstić information content (AvgIpc) is 3.71. The van der Waals surface area contributed by atoms with E-state index in [2.05, 4.69) is 28.7 Å². The molecule has 2 aromatic carbocycles. The number of carbonyl (C=O) groups is 3. The van der Waals surface area contributed by atoms with E-state index >= 15 is 0 Å². The molecule has 5 rings (SSSR count). The van der Waals surface area contributed by atoms with Crippen molar-refractivity contribution in [2.24, 2.45) is 5.92 Å². The highest BCUT2D eigenvalue weighted by molar-refractivity contribution is 7.89. The van der Waals surface area contributed by atoms with Crippen LogP contribution >= 0.6 is 0 Å². The number of nitrogens with one attached hydrogen (secondary N) is 3. The number of amides is 3. The summed E-state index contributed by atoms with van der Waals surface area (Å²) in [5, 5.41) is 5.77. The van der Waals surface area contributed by atoms with Crippen LogP contribution in [0.2, 0.25) is 19.1 Å². The number of ether oxygens (including phenoxy) is 1. The number of rotatable bonds is 10. The number of H-pyrrole nitrogens is 1.